The van der Waals surface area contributed by atoms with Crippen LogP contribution >= 0.6 is 0 Å². The molecule has 2 N–H and O–H groups in total. The van der Waals surface area contributed by atoms with Gasteiger partial charge in [0.25, 0.3) is 5.91 Å². The summed E-state index contributed by atoms with van der Waals surface area (Å²) in [7, 11) is 0. The summed E-state index contributed by atoms with van der Waals surface area (Å²) < 4.78 is 0. The number of carbonyl (C=O) groups is 2. The topological polar surface area (TPSA) is 84.0 Å². The monoisotopic (exact) mass is 310 g/mol. The molecule has 1 heterocycles. The number of carbonyl (C=O) groups excluding carboxylic acids is 2. The molecule has 6 nitrogen and oxygen atoms in total. The van der Waals surface area contributed by atoms with E-state index >= 15 is 0 Å². The summed E-state index contributed by atoms with van der Waals surface area (Å²) >= 11 is 0. The van der Waals surface area contributed by atoms with Crippen molar-refractivity contribution in [2.45, 2.75) is 13.3 Å². The molecule has 1 aromatic heterocycles. The van der Waals surface area contributed by atoms with Gasteiger partial charge in [0.05, 0.1) is 23.1 Å². The van der Waals surface area contributed by atoms with E-state index in [1.807, 2.05) is 6.92 Å². The van der Waals surface area contributed by atoms with Gasteiger partial charge in [-0.3, -0.25) is 19.6 Å². The van der Waals surface area contributed by atoms with Gasteiger partial charge in [0.2, 0.25) is 5.91 Å². The number of nitrogens with zero attached hydrogens (tertiary/aromatic N) is 2. The van der Waals surface area contributed by atoms with E-state index in [2.05, 4.69) is 20.6 Å². The number of rotatable bonds is 6. The van der Waals surface area contributed by atoms with E-state index in [1.54, 1.807) is 48.9 Å². The molecule has 0 aliphatic carbocycles. The Morgan fingerprint density at radius 3 is 2.78 bits per heavy atom. The molecule has 2 amide bonds. The fourth-order valence-corrected chi connectivity index (χ4v) is 1.86. The van der Waals surface area contributed by atoms with Crippen LogP contribution in [0.3, 0.4) is 0 Å². The van der Waals surface area contributed by atoms with Crippen molar-refractivity contribution in [1.82, 2.24) is 15.3 Å². The molecule has 0 saturated carbocycles. The molecule has 6 heteroatoms. The molecule has 0 atom stereocenters. The third kappa shape index (κ3) is 5.03. The highest BCUT2D eigenvalue weighted by molar-refractivity contribution is 6.07. The van der Waals surface area contributed by atoms with Gasteiger partial charge < -0.3 is 10.6 Å². The van der Waals surface area contributed by atoms with Crippen LogP contribution in [-0.4, -0.2) is 28.3 Å². The molecule has 0 unspecified atom stereocenters. The van der Waals surface area contributed by atoms with Crippen LogP contribution in [-0.2, 0) is 4.79 Å². The second kappa shape index (κ2) is 8.43. The van der Waals surface area contributed by atoms with Crippen LogP contribution in [0.4, 0.5) is 5.69 Å². The van der Waals surface area contributed by atoms with Crippen LogP contribution in [0.1, 0.15) is 29.4 Å². The predicted molar refractivity (Wildman–Crippen MR) is 88.8 cm³/mol. The fourth-order valence-electron chi connectivity index (χ4n) is 1.86. The summed E-state index contributed by atoms with van der Waals surface area (Å²) in [5, 5.41) is 5.50. The van der Waals surface area contributed by atoms with E-state index in [-0.39, 0.29) is 11.8 Å². The lowest BCUT2D eigenvalue weighted by Crippen LogP contribution is -2.25. The van der Waals surface area contributed by atoms with Crippen molar-refractivity contribution in [3.63, 3.8) is 0 Å². The van der Waals surface area contributed by atoms with Gasteiger partial charge in [-0.25, -0.2) is 0 Å². The summed E-state index contributed by atoms with van der Waals surface area (Å²) in [5.74, 6) is -0.549. The zero-order chi connectivity index (χ0) is 16.5. The Balaban J connectivity index is 2.06. The van der Waals surface area contributed by atoms with Gasteiger partial charge in [-0.1, -0.05) is 19.1 Å². The van der Waals surface area contributed by atoms with Gasteiger partial charge in [-0.05, 0) is 24.6 Å². The zero-order valence-corrected chi connectivity index (χ0v) is 12.8. The van der Waals surface area contributed by atoms with E-state index in [9.17, 15) is 9.59 Å². The third-order valence-corrected chi connectivity index (χ3v) is 2.95. The molecule has 1 aromatic carbocycles. The van der Waals surface area contributed by atoms with Gasteiger partial charge in [-0.15, -0.1) is 0 Å². The molecular formula is C17H18N4O2. The van der Waals surface area contributed by atoms with Crippen molar-refractivity contribution < 1.29 is 9.59 Å². The quantitative estimate of drug-likeness (QED) is 0.802. The minimum atomic E-state index is -0.341. The molecule has 23 heavy (non-hydrogen) atoms. The van der Waals surface area contributed by atoms with Gasteiger partial charge >= 0.3 is 0 Å². The van der Waals surface area contributed by atoms with Gasteiger partial charge in [0, 0.05) is 25.0 Å². The molecule has 0 radical (unpaired) electrons. The fraction of sp³-hybridized carbons (Fsp3) is 0.176. The van der Waals surface area contributed by atoms with Crippen molar-refractivity contribution in [2.75, 3.05) is 11.9 Å². The molecule has 0 saturated heterocycles. The lowest BCUT2D eigenvalue weighted by molar-refractivity contribution is -0.111. The van der Waals surface area contributed by atoms with Crippen LogP contribution in [0.5, 0.6) is 0 Å². The standard InChI is InChI=1S/C17H18N4O2/c1-2-9-20-17(23)14-5-3-4-6-15(14)21-16(22)8-7-13-12-18-10-11-19-13/h3-8,10-12H,2,9H2,1H3,(H,20,23)(H,21,22)/b8-7+. The highest BCUT2D eigenvalue weighted by atomic mass is 16.2. The number of hydrogen-bond donors (Lipinski definition) is 2. The lowest BCUT2D eigenvalue weighted by atomic mass is 10.1. The summed E-state index contributed by atoms with van der Waals surface area (Å²) in [5.41, 5.74) is 1.48. The Bertz CT molecular complexity index is 699. The predicted octanol–water partition coefficient (Wildman–Crippen LogP) is 2.27. The molecule has 2 aromatic rings. The SMILES string of the molecule is CCCNC(=O)c1ccccc1NC(=O)/C=C/c1cnccn1. The molecule has 0 bridgehead atoms. The van der Waals surface area contributed by atoms with Gasteiger partial charge in [0.15, 0.2) is 0 Å². The van der Waals surface area contributed by atoms with E-state index in [0.717, 1.165) is 6.42 Å². The normalized spacial score (nSPS) is 10.5. The number of nitrogens with one attached hydrogen (secondary N) is 2. The zero-order valence-electron chi connectivity index (χ0n) is 12.8. The molecule has 0 fully saturated rings. The summed E-state index contributed by atoms with van der Waals surface area (Å²) in [6.45, 7) is 2.57. The minimum absolute atomic E-state index is 0.208. The maximum absolute atomic E-state index is 12.1. The van der Waals surface area contributed by atoms with Crippen LogP contribution in [0, 0.1) is 0 Å². The number of aromatic nitrogens is 2. The van der Waals surface area contributed by atoms with Crippen LogP contribution in [0.15, 0.2) is 48.9 Å². The molecular weight excluding hydrogens is 292 g/mol. The third-order valence-electron chi connectivity index (χ3n) is 2.95. The Labute approximate surface area is 134 Å². The molecule has 118 valence electrons. The van der Waals surface area contributed by atoms with E-state index < -0.39 is 0 Å². The molecule has 0 aliphatic heterocycles. The van der Waals surface area contributed by atoms with E-state index in [0.29, 0.717) is 23.5 Å². The first kappa shape index (κ1) is 16.4. The van der Waals surface area contributed by atoms with Crippen molar-refractivity contribution in [3.8, 4) is 0 Å². The number of benzene rings is 1. The maximum atomic E-state index is 12.1. The molecule has 0 spiro atoms. The average Bonchev–Trinajstić information content (AvgIpc) is 2.59. The van der Waals surface area contributed by atoms with Crippen molar-refractivity contribution in [1.29, 1.82) is 0 Å². The van der Waals surface area contributed by atoms with Crippen molar-refractivity contribution in [2.24, 2.45) is 0 Å². The largest absolute Gasteiger partial charge is 0.352 e. The van der Waals surface area contributed by atoms with Crippen LogP contribution in [0.25, 0.3) is 6.08 Å². The number of para-hydroxylation sites is 1. The van der Waals surface area contributed by atoms with Crippen LogP contribution < -0.4 is 10.6 Å². The Morgan fingerprint density at radius 2 is 2.04 bits per heavy atom. The molecule has 2 rings (SSSR count). The van der Waals surface area contributed by atoms with Crippen molar-refractivity contribution in [3.05, 3.63) is 60.2 Å². The second-order valence-corrected chi connectivity index (χ2v) is 4.75. The Hall–Kier alpha value is -3.02. The smallest absolute Gasteiger partial charge is 0.253 e. The van der Waals surface area contributed by atoms with E-state index in [1.165, 1.54) is 6.08 Å². The first-order valence-electron chi connectivity index (χ1n) is 7.33. The first-order valence-corrected chi connectivity index (χ1v) is 7.33. The van der Waals surface area contributed by atoms with Crippen LogP contribution in [0.2, 0.25) is 0 Å². The van der Waals surface area contributed by atoms with Gasteiger partial charge in [-0.2, -0.15) is 0 Å². The summed E-state index contributed by atoms with van der Waals surface area (Å²) in [4.78, 5) is 32.0. The highest BCUT2D eigenvalue weighted by Crippen LogP contribution is 2.15. The number of anilines is 1. The summed E-state index contributed by atoms with van der Waals surface area (Å²) in [6.07, 6.45) is 8.41. The van der Waals surface area contributed by atoms with Gasteiger partial charge in [0.1, 0.15) is 0 Å². The Morgan fingerprint density at radius 1 is 1.22 bits per heavy atom. The minimum Gasteiger partial charge on any atom is -0.352 e. The van der Waals surface area contributed by atoms with E-state index in [4.69, 9.17) is 0 Å². The first-order chi connectivity index (χ1) is 11.2. The molecule has 0 aliphatic rings. The van der Waals surface area contributed by atoms with Crippen molar-refractivity contribution >= 4 is 23.6 Å². The summed E-state index contributed by atoms with van der Waals surface area (Å²) in [6, 6.07) is 6.88. The second-order valence-electron chi connectivity index (χ2n) is 4.75. The average molecular weight is 310 g/mol. The lowest BCUT2D eigenvalue weighted by Gasteiger charge is -2.09. The number of amides is 2. The maximum Gasteiger partial charge on any atom is 0.253 e. The highest BCUT2D eigenvalue weighted by Gasteiger charge is 2.11. The Kier molecular flexibility index (Phi) is 5.99. The number of hydrogen-bond acceptors (Lipinski definition) is 4.